The lowest BCUT2D eigenvalue weighted by atomic mass is 10.0. The van der Waals surface area contributed by atoms with E-state index in [1.54, 1.807) is 24.9 Å². The van der Waals surface area contributed by atoms with Crippen LogP contribution in [0.5, 0.6) is 0 Å². The third-order valence-electron chi connectivity index (χ3n) is 2.94. The summed E-state index contributed by atoms with van der Waals surface area (Å²) < 4.78 is 13.1. The molecule has 0 heterocycles. The number of rotatable bonds is 3. The van der Waals surface area contributed by atoms with E-state index in [0.717, 1.165) is 0 Å². The lowest BCUT2D eigenvalue weighted by Gasteiger charge is -2.34. The Bertz CT molecular complexity index is 431. The minimum atomic E-state index is -0.430. The molecular formula is C13H17ClFNO. The molecule has 1 aromatic rings. The molecule has 0 aliphatic heterocycles. The number of benzene rings is 1. The summed E-state index contributed by atoms with van der Waals surface area (Å²) in [5.41, 5.74) is 0.513. The number of hydrogen-bond acceptors (Lipinski definition) is 1. The number of amides is 1. The first-order chi connectivity index (χ1) is 7.79. The predicted molar refractivity (Wildman–Crippen MR) is 68.0 cm³/mol. The van der Waals surface area contributed by atoms with Crippen molar-refractivity contribution in [3.05, 3.63) is 35.1 Å². The van der Waals surface area contributed by atoms with Crippen LogP contribution in [0.2, 0.25) is 0 Å². The molecular weight excluding hydrogens is 241 g/mol. The molecule has 0 unspecified atom stereocenters. The summed E-state index contributed by atoms with van der Waals surface area (Å²) in [4.78, 5) is 13.7. The molecule has 1 aromatic carbocycles. The summed E-state index contributed by atoms with van der Waals surface area (Å²) in [6.45, 7) is 5.40. The van der Waals surface area contributed by atoms with Crippen LogP contribution in [0.15, 0.2) is 18.2 Å². The van der Waals surface area contributed by atoms with Crippen molar-refractivity contribution in [2.45, 2.75) is 26.3 Å². The minimum absolute atomic E-state index is 0.154. The smallest absolute Gasteiger partial charge is 0.254 e. The highest BCUT2D eigenvalue weighted by Gasteiger charge is 2.27. The molecule has 0 radical (unpaired) electrons. The molecule has 0 aromatic heterocycles. The van der Waals surface area contributed by atoms with E-state index in [1.165, 1.54) is 12.1 Å². The predicted octanol–water partition coefficient (Wildman–Crippen LogP) is 3.22. The first-order valence-corrected chi connectivity index (χ1v) is 5.93. The van der Waals surface area contributed by atoms with E-state index in [2.05, 4.69) is 0 Å². The van der Waals surface area contributed by atoms with Crippen LogP contribution in [0.25, 0.3) is 0 Å². The zero-order valence-electron chi connectivity index (χ0n) is 10.6. The van der Waals surface area contributed by atoms with Crippen LogP contribution in [-0.4, -0.2) is 29.3 Å². The Hall–Kier alpha value is -1.09. The first kappa shape index (κ1) is 14.0. The second-order valence-electron chi connectivity index (χ2n) is 4.77. The number of nitrogens with zero attached hydrogens (tertiary/aromatic N) is 1. The van der Waals surface area contributed by atoms with Crippen LogP contribution in [0.3, 0.4) is 0 Å². The van der Waals surface area contributed by atoms with Crippen molar-refractivity contribution in [1.29, 1.82) is 0 Å². The van der Waals surface area contributed by atoms with Crippen molar-refractivity contribution in [2.75, 3.05) is 12.9 Å². The van der Waals surface area contributed by atoms with Crippen molar-refractivity contribution in [3.8, 4) is 0 Å². The van der Waals surface area contributed by atoms with Crippen molar-refractivity contribution >= 4 is 17.5 Å². The number of halogens is 2. The largest absolute Gasteiger partial charge is 0.335 e. The molecule has 0 fully saturated rings. The van der Waals surface area contributed by atoms with Gasteiger partial charge in [0, 0.05) is 18.5 Å². The van der Waals surface area contributed by atoms with E-state index in [-0.39, 0.29) is 11.7 Å². The molecule has 0 aliphatic carbocycles. The van der Waals surface area contributed by atoms with Gasteiger partial charge < -0.3 is 4.90 Å². The minimum Gasteiger partial charge on any atom is -0.335 e. The average molecular weight is 258 g/mol. The number of carbonyl (C=O) groups is 1. The van der Waals surface area contributed by atoms with Gasteiger partial charge in [-0.25, -0.2) is 4.39 Å². The van der Waals surface area contributed by atoms with Crippen LogP contribution >= 0.6 is 11.6 Å². The summed E-state index contributed by atoms with van der Waals surface area (Å²) in [6, 6.07) is 4.36. The zero-order chi connectivity index (χ0) is 13.2. The van der Waals surface area contributed by atoms with E-state index in [0.29, 0.717) is 17.0 Å². The fraction of sp³-hybridized carbons (Fsp3) is 0.462. The van der Waals surface area contributed by atoms with Gasteiger partial charge in [-0.3, -0.25) is 4.79 Å². The lowest BCUT2D eigenvalue weighted by molar-refractivity contribution is 0.0660. The SMILES string of the molecule is Cc1cc(C(=O)N(C)C(C)(C)CCl)ccc1F. The fourth-order valence-electron chi connectivity index (χ4n) is 1.34. The molecule has 94 valence electrons. The van der Waals surface area contributed by atoms with Crippen LogP contribution < -0.4 is 0 Å². The van der Waals surface area contributed by atoms with Crippen molar-refractivity contribution in [2.24, 2.45) is 0 Å². The van der Waals surface area contributed by atoms with E-state index in [4.69, 9.17) is 11.6 Å². The van der Waals surface area contributed by atoms with Crippen molar-refractivity contribution < 1.29 is 9.18 Å². The van der Waals surface area contributed by atoms with Gasteiger partial charge >= 0.3 is 0 Å². The maximum atomic E-state index is 13.1. The van der Waals surface area contributed by atoms with Crippen LogP contribution in [0, 0.1) is 12.7 Å². The molecule has 0 aliphatic rings. The Balaban J connectivity index is 3.01. The second kappa shape index (κ2) is 5.05. The fourth-order valence-corrected chi connectivity index (χ4v) is 1.52. The maximum Gasteiger partial charge on any atom is 0.254 e. The van der Waals surface area contributed by atoms with Crippen molar-refractivity contribution in [1.82, 2.24) is 4.90 Å². The number of alkyl halides is 1. The molecule has 17 heavy (non-hydrogen) atoms. The van der Waals surface area contributed by atoms with Gasteiger partial charge in [0.25, 0.3) is 5.91 Å². The third kappa shape index (κ3) is 2.97. The summed E-state index contributed by atoms with van der Waals surface area (Å²) in [6.07, 6.45) is 0. The quantitative estimate of drug-likeness (QED) is 0.762. The average Bonchev–Trinajstić information content (AvgIpc) is 2.30. The molecule has 4 heteroatoms. The Morgan fingerprint density at radius 2 is 2.06 bits per heavy atom. The highest BCUT2D eigenvalue weighted by Crippen LogP contribution is 2.18. The van der Waals surface area contributed by atoms with E-state index in [1.807, 2.05) is 13.8 Å². The molecule has 0 atom stereocenters. The van der Waals surface area contributed by atoms with Gasteiger partial charge in [0.2, 0.25) is 0 Å². The highest BCUT2D eigenvalue weighted by molar-refractivity contribution is 6.18. The molecule has 0 bridgehead atoms. The van der Waals surface area contributed by atoms with Crippen LogP contribution in [-0.2, 0) is 0 Å². The summed E-state index contributed by atoms with van der Waals surface area (Å²) in [5, 5.41) is 0. The number of carbonyl (C=O) groups excluding carboxylic acids is 1. The third-order valence-corrected chi connectivity index (χ3v) is 3.60. The molecule has 0 saturated heterocycles. The maximum absolute atomic E-state index is 13.1. The Morgan fingerprint density at radius 3 is 2.53 bits per heavy atom. The molecule has 1 amide bonds. The number of hydrogen-bond donors (Lipinski definition) is 0. The standard InChI is InChI=1S/C13H17ClFNO/c1-9-7-10(5-6-11(9)15)12(17)16(4)13(2,3)8-14/h5-7H,8H2,1-4H3. The Morgan fingerprint density at radius 1 is 1.47 bits per heavy atom. The van der Waals surface area contributed by atoms with Gasteiger partial charge in [0.15, 0.2) is 0 Å². The van der Waals surface area contributed by atoms with Gasteiger partial charge in [-0.15, -0.1) is 11.6 Å². The zero-order valence-corrected chi connectivity index (χ0v) is 11.3. The molecule has 0 saturated carbocycles. The van der Waals surface area contributed by atoms with E-state index >= 15 is 0 Å². The van der Waals surface area contributed by atoms with Crippen LogP contribution in [0.4, 0.5) is 4.39 Å². The van der Waals surface area contributed by atoms with Gasteiger partial charge in [0.05, 0.1) is 5.54 Å². The van der Waals surface area contributed by atoms with Gasteiger partial charge in [-0.1, -0.05) is 0 Å². The van der Waals surface area contributed by atoms with Gasteiger partial charge in [-0.2, -0.15) is 0 Å². The number of aryl methyl sites for hydroxylation is 1. The second-order valence-corrected chi connectivity index (χ2v) is 5.04. The summed E-state index contributed by atoms with van der Waals surface area (Å²) in [5.74, 6) is -0.116. The van der Waals surface area contributed by atoms with Gasteiger partial charge in [-0.05, 0) is 44.5 Å². The molecule has 0 spiro atoms. The topological polar surface area (TPSA) is 20.3 Å². The molecule has 2 nitrogen and oxygen atoms in total. The summed E-state index contributed by atoms with van der Waals surface area (Å²) >= 11 is 5.82. The van der Waals surface area contributed by atoms with Crippen LogP contribution in [0.1, 0.15) is 29.8 Å². The normalized spacial score (nSPS) is 11.4. The first-order valence-electron chi connectivity index (χ1n) is 5.40. The van der Waals surface area contributed by atoms with E-state index < -0.39 is 5.54 Å². The summed E-state index contributed by atoms with van der Waals surface area (Å²) in [7, 11) is 1.70. The monoisotopic (exact) mass is 257 g/mol. The Labute approximate surface area is 106 Å². The lowest BCUT2D eigenvalue weighted by Crippen LogP contribution is -2.46. The van der Waals surface area contributed by atoms with Crippen molar-refractivity contribution in [3.63, 3.8) is 0 Å². The Kier molecular flexibility index (Phi) is 4.15. The molecule has 1 rings (SSSR count). The molecule has 0 N–H and O–H groups in total. The van der Waals surface area contributed by atoms with E-state index in [9.17, 15) is 9.18 Å². The highest BCUT2D eigenvalue weighted by atomic mass is 35.5. The van der Waals surface area contributed by atoms with Gasteiger partial charge in [0.1, 0.15) is 5.82 Å².